The molecule has 3 aromatic carbocycles. The maximum atomic E-state index is 6.34. The fourth-order valence-electron chi connectivity index (χ4n) is 4.25. The van der Waals surface area contributed by atoms with E-state index in [1.165, 1.54) is 4.88 Å². The second-order valence-corrected chi connectivity index (χ2v) is 9.89. The number of aromatic nitrogens is 2. The van der Waals surface area contributed by atoms with Gasteiger partial charge in [0, 0.05) is 32.3 Å². The van der Waals surface area contributed by atoms with Gasteiger partial charge in [0.15, 0.2) is 0 Å². The normalized spacial score (nSPS) is 15.6. The largest absolute Gasteiger partial charge is 0.247 e. The molecule has 0 saturated carbocycles. The van der Waals surface area contributed by atoms with Crippen molar-refractivity contribution < 1.29 is 0 Å². The standard InChI is InChI=1S/C27H18Cl2N4S/c28-19-9-4-8-18(14-19)23-16-24(25-10-5-13-34-25)33(32-23)27-30-22-12-11-20(29)15-21(22)26(31-27)17-6-2-1-3-7-17/h1-15,24H,16H2. The zero-order chi connectivity index (χ0) is 23.1. The van der Waals surface area contributed by atoms with Gasteiger partial charge in [-0.15, -0.1) is 11.3 Å². The summed E-state index contributed by atoms with van der Waals surface area (Å²) in [5.41, 5.74) is 4.63. The van der Waals surface area contributed by atoms with Gasteiger partial charge in [-0.3, -0.25) is 0 Å². The van der Waals surface area contributed by atoms with Crippen LogP contribution in [0.2, 0.25) is 10.0 Å². The number of fused-ring (bicyclic) bond motifs is 1. The summed E-state index contributed by atoms with van der Waals surface area (Å²) in [6.45, 7) is 0. The van der Waals surface area contributed by atoms with E-state index in [2.05, 4.69) is 17.5 Å². The SMILES string of the molecule is Clc1cccc(C2=NN(c3nc(-c4ccccc4)c4cc(Cl)ccc4n3)C(c3cccs3)C2)c1. The van der Waals surface area contributed by atoms with E-state index in [0.29, 0.717) is 16.0 Å². The molecule has 1 unspecified atom stereocenters. The van der Waals surface area contributed by atoms with Gasteiger partial charge in [-0.1, -0.05) is 71.7 Å². The molecule has 0 N–H and O–H groups in total. The van der Waals surface area contributed by atoms with Crippen molar-refractivity contribution in [3.8, 4) is 11.3 Å². The maximum Gasteiger partial charge on any atom is 0.247 e. The number of thiophene rings is 1. The van der Waals surface area contributed by atoms with Crippen molar-refractivity contribution in [1.82, 2.24) is 9.97 Å². The van der Waals surface area contributed by atoms with Crippen LogP contribution in [0.4, 0.5) is 5.95 Å². The Hall–Kier alpha value is -3.25. The number of hydrogen-bond acceptors (Lipinski definition) is 5. The molecular formula is C27H18Cl2N4S. The highest BCUT2D eigenvalue weighted by Crippen LogP contribution is 2.39. The van der Waals surface area contributed by atoms with Gasteiger partial charge in [0.25, 0.3) is 0 Å². The molecule has 3 heterocycles. The lowest BCUT2D eigenvalue weighted by Crippen LogP contribution is -2.20. The van der Waals surface area contributed by atoms with Crippen molar-refractivity contribution in [2.45, 2.75) is 12.5 Å². The van der Waals surface area contributed by atoms with Crippen LogP contribution in [0, 0.1) is 0 Å². The first-order valence-electron chi connectivity index (χ1n) is 10.8. The number of rotatable bonds is 4. The average Bonchev–Trinajstić information content (AvgIpc) is 3.54. The maximum absolute atomic E-state index is 6.34. The molecule has 1 atom stereocenters. The minimum absolute atomic E-state index is 0.00218. The van der Waals surface area contributed by atoms with E-state index in [-0.39, 0.29) is 6.04 Å². The van der Waals surface area contributed by atoms with Crippen LogP contribution in [0.15, 0.2) is 95.4 Å². The molecule has 2 aromatic heterocycles. The van der Waals surface area contributed by atoms with Gasteiger partial charge in [0.05, 0.1) is 23.0 Å². The van der Waals surface area contributed by atoms with Crippen LogP contribution >= 0.6 is 34.5 Å². The zero-order valence-electron chi connectivity index (χ0n) is 17.9. The van der Waals surface area contributed by atoms with Crippen LogP contribution in [-0.2, 0) is 0 Å². The zero-order valence-corrected chi connectivity index (χ0v) is 20.2. The smallest absolute Gasteiger partial charge is 0.223 e. The summed E-state index contributed by atoms with van der Waals surface area (Å²) in [6.07, 6.45) is 0.740. The molecule has 0 saturated heterocycles. The third-order valence-corrected chi connectivity index (χ3v) is 7.28. The van der Waals surface area contributed by atoms with Gasteiger partial charge < -0.3 is 0 Å². The molecule has 1 aliphatic heterocycles. The summed E-state index contributed by atoms with van der Waals surface area (Å²) in [5, 5.41) is 11.3. The lowest BCUT2D eigenvalue weighted by atomic mass is 10.0. The van der Waals surface area contributed by atoms with Crippen molar-refractivity contribution in [2.75, 3.05) is 5.01 Å². The monoisotopic (exact) mass is 500 g/mol. The Labute approximate surface area is 211 Å². The topological polar surface area (TPSA) is 41.4 Å². The number of benzene rings is 3. The molecule has 0 spiro atoms. The first-order valence-corrected chi connectivity index (χ1v) is 12.5. The van der Waals surface area contributed by atoms with Crippen molar-refractivity contribution >= 4 is 57.1 Å². The van der Waals surface area contributed by atoms with Crippen LogP contribution in [0.1, 0.15) is 22.9 Å². The first kappa shape index (κ1) is 21.3. The quantitative estimate of drug-likeness (QED) is 0.250. The minimum atomic E-state index is 0.00218. The fraction of sp³-hybridized carbons (Fsp3) is 0.0741. The fourth-order valence-corrected chi connectivity index (χ4v) is 5.42. The Morgan fingerprint density at radius 2 is 1.62 bits per heavy atom. The van der Waals surface area contributed by atoms with E-state index < -0.39 is 0 Å². The number of nitrogens with zero attached hydrogens (tertiary/aromatic N) is 4. The lowest BCUT2D eigenvalue weighted by Gasteiger charge is -2.21. The van der Waals surface area contributed by atoms with Crippen molar-refractivity contribution in [1.29, 1.82) is 0 Å². The number of halogens is 2. The highest BCUT2D eigenvalue weighted by molar-refractivity contribution is 7.10. The van der Waals surface area contributed by atoms with E-state index in [0.717, 1.165) is 39.9 Å². The summed E-state index contributed by atoms with van der Waals surface area (Å²) in [7, 11) is 0. The van der Waals surface area contributed by atoms with E-state index >= 15 is 0 Å². The molecular weight excluding hydrogens is 483 g/mol. The Morgan fingerprint density at radius 1 is 0.794 bits per heavy atom. The summed E-state index contributed by atoms with van der Waals surface area (Å²) in [4.78, 5) is 11.2. The summed E-state index contributed by atoms with van der Waals surface area (Å²) < 4.78 is 0. The summed E-state index contributed by atoms with van der Waals surface area (Å²) in [6, 6.07) is 27.8. The van der Waals surface area contributed by atoms with Gasteiger partial charge >= 0.3 is 0 Å². The van der Waals surface area contributed by atoms with E-state index in [4.69, 9.17) is 38.3 Å². The lowest BCUT2D eigenvalue weighted by molar-refractivity contribution is 0.700. The molecule has 7 heteroatoms. The van der Waals surface area contributed by atoms with Crippen LogP contribution in [-0.4, -0.2) is 15.7 Å². The molecule has 1 aliphatic rings. The number of hydrazone groups is 1. The molecule has 166 valence electrons. The van der Waals surface area contributed by atoms with Crippen LogP contribution in [0.3, 0.4) is 0 Å². The van der Waals surface area contributed by atoms with Crippen molar-refractivity contribution in [3.05, 3.63) is 111 Å². The third-order valence-electron chi connectivity index (χ3n) is 5.84. The predicted molar refractivity (Wildman–Crippen MR) is 142 cm³/mol. The Bertz CT molecular complexity index is 1520. The van der Waals surface area contributed by atoms with Gasteiger partial charge in [-0.25, -0.2) is 15.0 Å². The molecule has 34 heavy (non-hydrogen) atoms. The molecule has 0 aliphatic carbocycles. The predicted octanol–water partition coefficient (Wildman–Crippen LogP) is 8.02. The second-order valence-electron chi connectivity index (χ2n) is 8.04. The third kappa shape index (κ3) is 3.96. The van der Waals surface area contributed by atoms with Gasteiger partial charge in [0.1, 0.15) is 0 Å². The van der Waals surface area contributed by atoms with Crippen LogP contribution in [0.25, 0.3) is 22.2 Å². The molecule has 0 fully saturated rings. The van der Waals surface area contributed by atoms with Gasteiger partial charge in [-0.05, 0) is 47.3 Å². The van der Waals surface area contributed by atoms with Crippen molar-refractivity contribution in [2.24, 2.45) is 5.10 Å². The second kappa shape index (κ2) is 8.84. The molecule has 0 amide bonds. The van der Waals surface area contributed by atoms with Gasteiger partial charge in [0.2, 0.25) is 5.95 Å². The summed E-state index contributed by atoms with van der Waals surface area (Å²) in [5.74, 6) is 0.559. The average molecular weight is 501 g/mol. The van der Waals surface area contributed by atoms with E-state index in [1.54, 1.807) is 11.3 Å². The summed E-state index contributed by atoms with van der Waals surface area (Å²) >= 11 is 14.3. The Kier molecular flexibility index (Phi) is 5.53. The van der Waals surface area contributed by atoms with Crippen LogP contribution in [0.5, 0.6) is 0 Å². The Morgan fingerprint density at radius 3 is 2.41 bits per heavy atom. The van der Waals surface area contributed by atoms with E-state index in [9.17, 15) is 0 Å². The highest BCUT2D eigenvalue weighted by atomic mass is 35.5. The van der Waals surface area contributed by atoms with Crippen molar-refractivity contribution in [3.63, 3.8) is 0 Å². The number of anilines is 1. The van der Waals surface area contributed by atoms with E-state index in [1.807, 2.05) is 77.8 Å². The molecule has 5 aromatic rings. The van der Waals surface area contributed by atoms with Gasteiger partial charge in [-0.2, -0.15) is 5.10 Å². The first-order chi connectivity index (χ1) is 16.7. The molecule has 0 bridgehead atoms. The van der Waals surface area contributed by atoms with Crippen LogP contribution < -0.4 is 5.01 Å². The Balaban J connectivity index is 1.54. The molecule has 0 radical (unpaired) electrons. The minimum Gasteiger partial charge on any atom is -0.223 e. The molecule has 6 rings (SSSR count). The number of hydrogen-bond donors (Lipinski definition) is 0. The molecule has 4 nitrogen and oxygen atoms in total. The highest BCUT2D eigenvalue weighted by Gasteiger charge is 2.33.